The maximum Gasteiger partial charge on any atom is 0.340 e. The molecule has 0 aromatic heterocycles. The van der Waals surface area contributed by atoms with Crippen LogP contribution >= 0.6 is 0 Å². The van der Waals surface area contributed by atoms with Gasteiger partial charge in [0, 0.05) is 5.56 Å². The van der Waals surface area contributed by atoms with E-state index in [9.17, 15) is 19.8 Å². The van der Waals surface area contributed by atoms with Gasteiger partial charge in [-0.25, -0.2) is 9.59 Å². The van der Waals surface area contributed by atoms with Gasteiger partial charge in [0.15, 0.2) is 11.5 Å². The number of carbonyl (C=O) groups is 2. The van der Waals surface area contributed by atoms with Crippen molar-refractivity contribution in [3.8, 4) is 17.2 Å². The van der Waals surface area contributed by atoms with Crippen LogP contribution in [0.25, 0.3) is 0 Å². The molecule has 0 amide bonds. The van der Waals surface area contributed by atoms with Crippen molar-refractivity contribution in [3.05, 3.63) is 16.7 Å². The minimum Gasteiger partial charge on any atom is -0.492 e. The Labute approximate surface area is 109 Å². The molecule has 1 rings (SSSR count). The molecular formula is C12H14O7. The number of ether oxygens (including phenoxy) is 3. The van der Waals surface area contributed by atoms with Gasteiger partial charge in [0.25, 0.3) is 0 Å². The van der Waals surface area contributed by atoms with Gasteiger partial charge in [-0.1, -0.05) is 0 Å². The van der Waals surface area contributed by atoms with Crippen LogP contribution in [0.3, 0.4) is 0 Å². The standard InChI is InChI=1S/C12H14O7/c1-5-6(11(13)14)7(12(15)16)9(18-3)10(19-4)8(5)17-2/h1-4H3,(H,13,14)(H,15,16). The van der Waals surface area contributed by atoms with Gasteiger partial charge < -0.3 is 24.4 Å². The first kappa shape index (κ1) is 14.6. The van der Waals surface area contributed by atoms with Gasteiger partial charge in [-0.05, 0) is 6.92 Å². The van der Waals surface area contributed by atoms with E-state index in [2.05, 4.69) is 0 Å². The Kier molecular flexibility index (Phi) is 4.21. The average molecular weight is 270 g/mol. The van der Waals surface area contributed by atoms with Gasteiger partial charge >= 0.3 is 11.9 Å². The second kappa shape index (κ2) is 5.47. The van der Waals surface area contributed by atoms with Crippen LogP contribution in [-0.4, -0.2) is 43.5 Å². The Morgan fingerprint density at radius 2 is 1.21 bits per heavy atom. The lowest BCUT2D eigenvalue weighted by molar-refractivity contribution is 0.0646. The van der Waals surface area contributed by atoms with E-state index in [-0.39, 0.29) is 28.4 Å². The van der Waals surface area contributed by atoms with Gasteiger partial charge in [-0.15, -0.1) is 0 Å². The lowest BCUT2D eigenvalue weighted by Crippen LogP contribution is -2.14. The maximum atomic E-state index is 11.3. The average Bonchev–Trinajstić information content (AvgIpc) is 2.35. The molecule has 1 aromatic carbocycles. The lowest BCUT2D eigenvalue weighted by atomic mass is 9.98. The van der Waals surface area contributed by atoms with Gasteiger partial charge in [-0.2, -0.15) is 0 Å². The zero-order valence-electron chi connectivity index (χ0n) is 10.9. The molecule has 2 N–H and O–H groups in total. The number of rotatable bonds is 5. The quantitative estimate of drug-likeness (QED) is 0.833. The van der Waals surface area contributed by atoms with Crippen LogP contribution in [0.2, 0.25) is 0 Å². The minimum absolute atomic E-state index is 0.0462. The van der Waals surface area contributed by atoms with E-state index in [1.807, 2.05) is 0 Å². The molecule has 0 aliphatic carbocycles. The Morgan fingerprint density at radius 3 is 1.53 bits per heavy atom. The Balaban J connectivity index is 3.93. The molecule has 1 aromatic rings. The normalized spacial score (nSPS) is 9.89. The predicted molar refractivity (Wildman–Crippen MR) is 64.8 cm³/mol. The van der Waals surface area contributed by atoms with Crippen molar-refractivity contribution in [1.29, 1.82) is 0 Å². The second-order valence-corrected chi connectivity index (χ2v) is 3.59. The first-order valence-electron chi connectivity index (χ1n) is 5.19. The summed E-state index contributed by atoms with van der Waals surface area (Å²) in [6.07, 6.45) is 0. The topological polar surface area (TPSA) is 102 Å². The summed E-state index contributed by atoms with van der Waals surface area (Å²) in [7, 11) is 3.87. The molecule has 0 heterocycles. The molecular weight excluding hydrogens is 256 g/mol. The monoisotopic (exact) mass is 270 g/mol. The van der Waals surface area contributed by atoms with Crippen LogP contribution < -0.4 is 14.2 Å². The van der Waals surface area contributed by atoms with E-state index >= 15 is 0 Å². The smallest absolute Gasteiger partial charge is 0.340 e. The fraction of sp³-hybridized carbons (Fsp3) is 0.333. The molecule has 0 spiro atoms. The molecule has 0 saturated carbocycles. The summed E-state index contributed by atoms with van der Waals surface area (Å²) in [6.45, 7) is 1.44. The van der Waals surface area contributed by atoms with Crippen LogP contribution in [0.4, 0.5) is 0 Å². The zero-order valence-corrected chi connectivity index (χ0v) is 10.9. The third-order valence-corrected chi connectivity index (χ3v) is 2.65. The number of benzene rings is 1. The van der Waals surface area contributed by atoms with E-state index in [0.29, 0.717) is 0 Å². The summed E-state index contributed by atoms with van der Waals surface area (Å²) in [5, 5.41) is 18.4. The molecule has 7 nitrogen and oxygen atoms in total. The molecule has 0 unspecified atom stereocenters. The Bertz CT molecular complexity index is 534. The molecule has 7 heteroatoms. The predicted octanol–water partition coefficient (Wildman–Crippen LogP) is 1.42. The summed E-state index contributed by atoms with van der Waals surface area (Å²) >= 11 is 0. The molecule has 0 radical (unpaired) electrons. The van der Waals surface area contributed by atoms with Crippen molar-refractivity contribution in [2.75, 3.05) is 21.3 Å². The molecule has 0 atom stereocenters. The fourth-order valence-electron chi connectivity index (χ4n) is 1.90. The summed E-state index contributed by atoms with van der Waals surface area (Å²) in [4.78, 5) is 22.6. The number of carboxylic acids is 2. The minimum atomic E-state index is -1.42. The van der Waals surface area contributed by atoms with E-state index in [0.717, 1.165) is 0 Å². The van der Waals surface area contributed by atoms with Crippen LogP contribution in [0.15, 0.2) is 0 Å². The van der Waals surface area contributed by atoms with E-state index in [1.165, 1.54) is 28.3 Å². The van der Waals surface area contributed by atoms with Gasteiger partial charge in [0.1, 0.15) is 5.56 Å². The molecule has 0 fully saturated rings. The van der Waals surface area contributed by atoms with E-state index in [1.54, 1.807) is 0 Å². The first-order chi connectivity index (χ1) is 8.90. The van der Waals surface area contributed by atoms with Gasteiger partial charge in [0.05, 0.1) is 26.9 Å². The summed E-state index contributed by atoms with van der Waals surface area (Å²) in [6, 6.07) is 0. The van der Waals surface area contributed by atoms with Crippen molar-refractivity contribution in [1.82, 2.24) is 0 Å². The molecule has 0 aliphatic heterocycles. The van der Waals surface area contributed by atoms with Gasteiger partial charge in [0.2, 0.25) is 5.75 Å². The molecule has 19 heavy (non-hydrogen) atoms. The van der Waals surface area contributed by atoms with Crippen molar-refractivity contribution in [3.63, 3.8) is 0 Å². The van der Waals surface area contributed by atoms with Crippen LogP contribution in [-0.2, 0) is 0 Å². The number of methoxy groups -OCH3 is 3. The van der Waals surface area contributed by atoms with Crippen molar-refractivity contribution < 1.29 is 34.0 Å². The van der Waals surface area contributed by atoms with Crippen LogP contribution in [0.5, 0.6) is 17.2 Å². The van der Waals surface area contributed by atoms with E-state index < -0.39 is 17.5 Å². The third-order valence-electron chi connectivity index (χ3n) is 2.65. The molecule has 0 saturated heterocycles. The molecule has 104 valence electrons. The van der Waals surface area contributed by atoms with Crippen LogP contribution in [0.1, 0.15) is 26.3 Å². The summed E-state index contributed by atoms with van der Waals surface area (Å²) in [5.74, 6) is -2.81. The summed E-state index contributed by atoms with van der Waals surface area (Å²) < 4.78 is 15.1. The highest BCUT2D eigenvalue weighted by Gasteiger charge is 2.31. The number of carboxylic acid groups (broad SMARTS) is 2. The first-order valence-corrected chi connectivity index (χ1v) is 5.19. The van der Waals surface area contributed by atoms with Crippen molar-refractivity contribution in [2.24, 2.45) is 0 Å². The SMILES string of the molecule is COc1c(C)c(C(=O)O)c(C(=O)O)c(OC)c1OC. The Hall–Kier alpha value is -2.44. The molecule has 0 aliphatic rings. The number of hydrogen-bond acceptors (Lipinski definition) is 5. The van der Waals surface area contributed by atoms with Crippen molar-refractivity contribution >= 4 is 11.9 Å². The van der Waals surface area contributed by atoms with E-state index in [4.69, 9.17) is 14.2 Å². The third kappa shape index (κ3) is 2.26. The number of hydrogen-bond donors (Lipinski definition) is 2. The highest BCUT2D eigenvalue weighted by Crippen LogP contribution is 2.44. The maximum absolute atomic E-state index is 11.3. The number of aromatic carboxylic acids is 2. The largest absolute Gasteiger partial charge is 0.492 e. The molecule has 0 bridgehead atoms. The van der Waals surface area contributed by atoms with Gasteiger partial charge in [-0.3, -0.25) is 0 Å². The highest BCUT2D eigenvalue weighted by atomic mass is 16.5. The van der Waals surface area contributed by atoms with Crippen LogP contribution in [0, 0.1) is 6.92 Å². The van der Waals surface area contributed by atoms with Crippen molar-refractivity contribution in [2.45, 2.75) is 6.92 Å². The summed E-state index contributed by atoms with van der Waals surface area (Å²) in [5.41, 5.74) is -0.697. The Morgan fingerprint density at radius 1 is 0.789 bits per heavy atom. The highest BCUT2D eigenvalue weighted by molar-refractivity contribution is 6.06. The second-order valence-electron chi connectivity index (χ2n) is 3.59. The lowest BCUT2D eigenvalue weighted by Gasteiger charge is -2.18. The fourth-order valence-corrected chi connectivity index (χ4v) is 1.90. The zero-order chi connectivity index (χ0) is 14.7.